The molecule has 0 fully saturated rings. The van der Waals surface area contributed by atoms with E-state index in [4.69, 9.17) is 14.2 Å². The Bertz CT molecular complexity index is 609. The van der Waals surface area contributed by atoms with Crippen LogP contribution in [0.2, 0.25) is 0 Å². The second-order valence-corrected chi connectivity index (χ2v) is 3.81. The van der Waals surface area contributed by atoms with E-state index < -0.39 is 5.97 Å². The maximum absolute atomic E-state index is 11.6. The number of methoxy groups -OCH3 is 2. The lowest BCUT2D eigenvalue weighted by atomic mass is 10.2. The molecule has 0 aliphatic carbocycles. The number of ether oxygens (including phenoxy) is 3. The first-order valence-corrected chi connectivity index (χ1v) is 6.01. The summed E-state index contributed by atoms with van der Waals surface area (Å²) < 4.78 is 16.7. The lowest BCUT2D eigenvalue weighted by molar-refractivity contribution is 0.0519. The Hall–Kier alpha value is -2.57. The molecule has 0 radical (unpaired) electrons. The molecule has 20 heavy (non-hydrogen) atoms. The van der Waals surface area contributed by atoms with Gasteiger partial charge in [-0.1, -0.05) is 5.21 Å². The molecule has 1 aromatic heterocycles. The topological polar surface area (TPSA) is 75.5 Å². The third-order valence-electron chi connectivity index (χ3n) is 2.61. The van der Waals surface area contributed by atoms with Crippen molar-refractivity contribution in [2.45, 2.75) is 6.92 Å². The first-order valence-electron chi connectivity index (χ1n) is 6.01. The van der Waals surface area contributed by atoms with Crippen LogP contribution < -0.4 is 9.47 Å². The number of hydrogen-bond donors (Lipinski definition) is 0. The Morgan fingerprint density at radius 1 is 1.30 bits per heavy atom. The summed E-state index contributed by atoms with van der Waals surface area (Å²) in [5, 5.41) is 7.68. The molecule has 0 unspecified atom stereocenters. The standard InChI is InChI=1S/C13H15N3O4/c1-4-20-13(17)10-8-16(15-14-10)11-6-5-9(18-2)7-12(11)19-3/h5-8H,4H2,1-3H3. The van der Waals surface area contributed by atoms with Crippen molar-refractivity contribution >= 4 is 5.97 Å². The Balaban J connectivity index is 2.34. The van der Waals surface area contributed by atoms with Crippen LogP contribution >= 0.6 is 0 Å². The van der Waals surface area contributed by atoms with Crippen LogP contribution in [0.15, 0.2) is 24.4 Å². The van der Waals surface area contributed by atoms with E-state index in [1.165, 1.54) is 10.9 Å². The highest BCUT2D eigenvalue weighted by atomic mass is 16.5. The predicted molar refractivity (Wildman–Crippen MR) is 70.4 cm³/mol. The Morgan fingerprint density at radius 3 is 2.75 bits per heavy atom. The van der Waals surface area contributed by atoms with Gasteiger partial charge in [0.25, 0.3) is 0 Å². The van der Waals surface area contributed by atoms with Crippen LogP contribution in [-0.4, -0.2) is 41.8 Å². The smallest absolute Gasteiger partial charge is 0.360 e. The summed E-state index contributed by atoms with van der Waals surface area (Å²) in [5.41, 5.74) is 0.793. The average molecular weight is 277 g/mol. The quantitative estimate of drug-likeness (QED) is 0.770. The first-order chi connectivity index (χ1) is 9.69. The van der Waals surface area contributed by atoms with E-state index >= 15 is 0 Å². The summed E-state index contributed by atoms with van der Waals surface area (Å²) in [7, 11) is 3.12. The third-order valence-corrected chi connectivity index (χ3v) is 2.61. The number of benzene rings is 1. The number of carbonyl (C=O) groups is 1. The number of aromatic nitrogens is 3. The van der Waals surface area contributed by atoms with Gasteiger partial charge in [-0.2, -0.15) is 0 Å². The van der Waals surface area contributed by atoms with Gasteiger partial charge in [0.15, 0.2) is 5.69 Å². The van der Waals surface area contributed by atoms with Crippen molar-refractivity contribution in [2.75, 3.05) is 20.8 Å². The van der Waals surface area contributed by atoms with Gasteiger partial charge in [0, 0.05) is 6.07 Å². The predicted octanol–water partition coefficient (Wildman–Crippen LogP) is 1.46. The molecule has 7 heteroatoms. The van der Waals surface area contributed by atoms with Crippen molar-refractivity contribution in [3.05, 3.63) is 30.1 Å². The lowest BCUT2D eigenvalue weighted by Gasteiger charge is -2.09. The average Bonchev–Trinajstić information content (AvgIpc) is 2.96. The van der Waals surface area contributed by atoms with Crippen LogP contribution in [0.5, 0.6) is 11.5 Å². The van der Waals surface area contributed by atoms with Gasteiger partial charge in [-0.25, -0.2) is 9.48 Å². The van der Waals surface area contributed by atoms with Crippen molar-refractivity contribution in [1.82, 2.24) is 15.0 Å². The van der Waals surface area contributed by atoms with Crippen LogP contribution in [0.1, 0.15) is 17.4 Å². The summed E-state index contributed by atoms with van der Waals surface area (Å²) in [6.07, 6.45) is 1.49. The van der Waals surface area contributed by atoms with E-state index in [9.17, 15) is 4.79 Å². The van der Waals surface area contributed by atoms with Crippen LogP contribution in [0.25, 0.3) is 5.69 Å². The third kappa shape index (κ3) is 2.71. The Morgan fingerprint density at radius 2 is 2.10 bits per heavy atom. The molecule has 0 N–H and O–H groups in total. The molecule has 0 aliphatic rings. The van der Waals surface area contributed by atoms with Crippen molar-refractivity contribution < 1.29 is 19.0 Å². The monoisotopic (exact) mass is 277 g/mol. The number of hydrogen-bond acceptors (Lipinski definition) is 6. The molecule has 1 heterocycles. The Kier molecular flexibility index (Phi) is 4.19. The molecule has 0 aliphatic heterocycles. The maximum atomic E-state index is 11.6. The second-order valence-electron chi connectivity index (χ2n) is 3.81. The summed E-state index contributed by atoms with van der Waals surface area (Å²) in [6, 6.07) is 5.26. The van der Waals surface area contributed by atoms with E-state index in [0.29, 0.717) is 17.2 Å². The maximum Gasteiger partial charge on any atom is 0.360 e. The van der Waals surface area contributed by atoms with Crippen LogP contribution in [-0.2, 0) is 4.74 Å². The molecule has 0 bridgehead atoms. The zero-order valence-corrected chi connectivity index (χ0v) is 11.5. The van der Waals surface area contributed by atoms with Gasteiger partial charge < -0.3 is 14.2 Å². The normalized spacial score (nSPS) is 10.2. The van der Waals surface area contributed by atoms with E-state index in [0.717, 1.165) is 0 Å². The van der Waals surface area contributed by atoms with Gasteiger partial charge in [-0.3, -0.25) is 0 Å². The van der Waals surface area contributed by atoms with Gasteiger partial charge in [-0.05, 0) is 19.1 Å². The van der Waals surface area contributed by atoms with E-state index in [1.54, 1.807) is 39.3 Å². The van der Waals surface area contributed by atoms with Crippen LogP contribution in [0.3, 0.4) is 0 Å². The van der Waals surface area contributed by atoms with E-state index in [-0.39, 0.29) is 12.3 Å². The molecule has 0 saturated heterocycles. The number of nitrogens with zero attached hydrogens (tertiary/aromatic N) is 3. The minimum absolute atomic E-state index is 0.143. The molecule has 106 valence electrons. The lowest BCUT2D eigenvalue weighted by Crippen LogP contribution is -2.04. The van der Waals surface area contributed by atoms with Gasteiger partial charge in [0.05, 0.1) is 27.0 Å². The molecule has 1 aromatic carbocycles. The zero-order valence-electron chi connectivity index (χ0n) is 11.5. The molecule has 0 saturated carbocycles. The molecule has 7 nitrogen and oxygen atoms in total. The SMILES string of the molecule is CCOC(=O)c1cn(-c2ccc(OC)cc2OC)nn1. The molecule has 0 amide bonds. The van der Waals surface area contributed by atoms with Gasteiger partial charge >= 0.3 is 5.97 Å². The first kappa shape index (κ1) is 13.9. The van der Waals surface area contributed by atoms with Gasteiger partial charge in [-0.15, -0.1) is 5.10 Å². The summed E-state index contributed by atoms with van der Waals surface area (Å²) >= 11 is 0. The fraction of sp³-hybridized carbons (Fsp3) is 0.308. The highest BCUT2D eigenvalue weighted by Gasteiger charge is 2.14. The fourth-order valence-corrected chi connectivity index (χ4v) is 1.65. The van der Waals surface area contributed by atoms with E-state index in [2.05, 4.69) is 10.3 Å². The van der Waals surface area contributed by atoms with Crippen molar-refractivity contribution in [1.29, 1.82) is 0 Å². The summed E-state index contributed by atoms with van der Waals surface area (Å²) in [5.74, 6) is 0.715. The van der Waals surface area contributed by atoms with Crippen molar-refractivity contribution in [3.8, 4) is 17.2 Å². The van der Waals surface area contributed by atoms with Crippen molar-refractivity contribution in [3.63, 3.8) is 0 Å². The van der Waals surface area contributed by atoms with Gasteiger partial charge in [0.1, 0.15) is 17.2 Å². The molecule has 2 aromatic rings. The number of rotatable bonds is 5. The molecule has 2 rings (SSSR count). The molecule has 0 atom stereocenters. The summed E-state index contributed by atoms with van der Waals surface area (Å²) in [6.45, 7) is 2.02. The fourth-order valence-electron chi connectivity index (χ4n) is 1.65. The largest absolute Gasteiger partial charge is 0.497 e. The Labute approximate surface area is 116 Å². The molecule has 0 spiro atoms. The van der Waals surface area contributed by atoms with Crippen molar-refractivity contribution in [2.24, 2.45) is 0 Å². The molecular weight excluding hydrogens is 262 g/mol. The van der Waals surface area contributed by atoms with Gasteiger partial charge in [0.2, 0.25) is 0 Å². The minimum Gasteiger partial charge on any atom is -0.497 e. The highest BCUT2D eigenvalue weighted by Crippen LogP contribution is 2.27. The highest BCUT2D eigenvalue weighted by molar-refractivity contribution is 5.86. The number of esters is 1. The summed E-state index contributed by atoms with van der Waals surface area (Å²) in [4.78, 5) is 11.6. The second kappa shape index (κ2) is 6.05. The van der Waals surface area contributed by atoms with E-state index in [1.807, 2.05) is 0 Å². The number of carbonyl (C=O) groups excluding carboxylic acids is 1. The van der Waals surface area contributed by atoms with Crippen LogP contribution in [0, 0.1) is 0 Å². The molecular formula is C13H15N3O4. The van der Waals surface area contributed by atoms with Crippen LogP contribution in [0.4, 0.5) is 0 Å². The minimum atomic E-state index is -0.508. The zero-order chi connectivity index (χ0) is 14.5.